The van der Waals surface area contributed by atoms with Crippen LogP contribution in [0, 0.1) is 5.92 Å². The van der Waals surface area contributed by atoms with E-state index in [1.165, 1.54) is 23.8 Å². The van der Waals surface area contributed by atoms with Gasteiger partial charge < -0.3 is 15.5 Å². The van der Waals surface area contributed by atoms with E-state index in [9.17, 15) is 14.4 Å². The molecule has 0 radical (unpaired) electrons. The van der Waals surface area contributed by atoms with Crippen LogP contribution in [0.5, 0.6) is 0 Å². The summed E-state index contributed by atoms with van der Waals surface area (Å²) in [5.74, 6) is -0.835. The molecule has 1 fully saturated rings. The average Bonchev–Trinajstić information content (AvgIpc) is 3.30. The maximum Gasteiger partial charge on any atom is 0.231 e. The summed E-state index contributed by atoms with van der Waals surface area (Å²) in [5, 5.41) is 6.06. The number of amides is 3. The zero-order chi connectivity index (χ0) is 21.3. The van der Waals surface area contributed by atoms with E-state index in [2.05, 4.69) is 22.5 Å². The highest BCUT2D eigenvalue weighted by molar-refractivity contribution is 7.22. The second kappa shape index (κ2) is 8.23. The number of carbonyl (C=O) groups excluding carboxylic acids is 3. The molecular formula is C22H22N4O3S. The number of thiazole rings is 1. The van der Waals surface area contributed by atoms with Crippen LogP contribution in [0.4, 0.5) is 16.5 Å². The number of anilines is 3. The molecule has 0 saturated carbocycles. The van der Waals surface area contributed by atoms with Crippen molar-refractivity contribution < 1.29 is 14.4 Å². The summed E-state index contributed by atoms with van der Waals surface area (Å²) < 4.78 is 0.858. The highest BCUT2D eigenvalue weighted by atomic mass is 32.1. The predicted molar refractivity (Wildman–Crippen MR) is 119 cm³/mol. The number of carbonyl (C=O) groups is 3. The van der Waals surface area contributed by atoms with Crippen molar-refractivity contribution in [3.8, 4) is 0 Å². The van der Waals surface area contributed by atoms with Crippen molar-refractivity contribution in [1.29, 1.82) is 0 Å². The lowest BCUT2D eigenvalue weighted by Gasteiger charge is -2.17. The number of nitrogens with one attached hydrogen (secondary N) is 2. The minimum absolute atomic E-state index is 0.0522. The molecule has 1 aromatic heterocycles. The Bertz CT molecular complexity index is 1120. The third-order valence-corrected chi connectivity index (χ3v) is 6.02. The van der Waals surface area contributed by atoms with Gasteiger partial charge in [0.15, 0.2) is 5.13 Å². The van der Waals surface area contributed by atoms with Crippen molar-refractivity contribution in [3.63, 3.8) is 0 Å². The normalized spacial score (nSPS) is 16.1. The molecule has 2 N–H and O–H groups in total. The summed E-state index contributed by atoms with van der Waals surface area (Å²) in [5.41, 5.74) is 3.45. The van der Waals surface area contributed by atoms with Crippen LogP contribution in [-0.2, 0) is 20.8 Å². The second-order valence-corrected chi connectivity index (χ2v) is 8.33. The molecule has 1 aliphatic heterocycles. The first kappa shape index (κ1) is 20.0. The van der Waals surface area contributed by atoms with Gasteiger partial charge in [0, 0.05) is 31.3 Å². The number of fused-ring (bicyclic) bond motifs is 1. The van der Waals surface area contributed by atoms with Gasteiger partial charge in [0.1, 0.15) is 0 Å². The highest BCUT2D eigenvalue weighted by Crippen LogP contribution is 2.30. The van der Waals surface area contributed by atoms with E-state index in [0.29, 0.717) is 17.4 Å². The number of aromatic nitrogens is 1. The van der Waals surface area contributed by atoms with Crippen molar-refractivity contribution in [2.24, 2.45) is 5.92 Å². The Hall–Kier alpha value is -3.26. The van der Waals surface area contributed by atoms with Crippen molar-refractivity contribution in [3.05, 3.63) is 48.0 Å². The Morgan fingerprint density at radius 2 is 1.93 bits per heavy atom. The van der Waals surface area contributed by atoms with Gasteiger partial charge in [-0.2, -0.15) is 0 Å². The standard InChI is InChI=1S/C22H22N4O3S/c1-3-14-4-7-17(8-5-14)26-12-15(10-20(26)28)21(29)25-22-24-18-9-6-16(23-13(2)27)11-19(18)30-22/h4-9,11,15H,3,10,12H2,1-2H3,(H,23,27)(H,24,25,29). The van der Waals surface area contributed by atoms with E-state index in [1.54, 1.807) is 17.0 Å². The minimum Gasteiger partial charge on any atom is -0.326 e. The van der Waals surface area contributed by atoms with Crippen LogP contribution in [-0.4, -0.2) is 29.3 Å². The summed E-state index contributed by atoms with van der Waals surface area (Å²) >= 11 is 1.33. The molecule has 30 heavy (non-hydrogen) atoms. The predicted octanol–water partition coefficient (Wildman–Crippen LogP) is 3.81. The van der Waals surface area contributed by atoms with Crippen molar-refractivity contribution in [2.75, 3.05) is 22.1 Å². The van der Waals surface area contributed by atoms with Gasteiger partial charge in [-0.3, -0.25) is 14.4 Å². The fourth-order valence-corrected chi connectivity index (χ4v) is 4.42. The zero-order valence-electron chi connectivity index (χ0n) is 16.8. The maximum absolute atomic E-state index is 12.7. The van der Waals surface area contributed by atoms with Gasteiger partial charge >= 0.3 is 0 Å². The summed E-state index contributed by atoms with van der Waals surface area (Å²) in [4.78, 5) is 42.5. The van der Waals surface area contributed by atoms with E-state index in [-0.39, 0.29) is 24.1 Å². The molecule has 1 atom stereocenters. The van der Waals surface area contributed by atoms with Gasteiger partial charge in [-0.25, -0.2) is 4.98 Å². The molecule has 1 aliphatic rings. The van der Waals surface area contributed by atoms with Crippen molar-refractivity contribution >= 4 is 55.8 Å². The third-order valence-electron chi connectivity index (χ3n) is 5.09. The van der Waals surface area contributed by atoms with Gasteiger partial charge in [0.05, 0.1) is 16.1 Å². The quantitative estimate of drug-likeness (QED) is 0.654. The molecular weight excluding hydrogens is 400 g/mol. The molecule has 1 saturated heterocycles. The number of aryl methyl sites for hydroxylation is 1. The summed E-state index contributed by atoms with van der Waals surface area (Å²) in [6, 6.07) is 13.3. The molecule has 1 unspecified atom stereocenters. The van der Waals surface area contributed by atoms with E-state index >= 15 is 0 Å². The Morgan fingerprint density at radius 1 is 1.17 bits per heavy atom. The van der Waals surface area contributed by atoms with Crippen molar-refractivity contribution in [2.45, 2.75) is 26.7 Å². The average molecular weight is 423 g/mol. The number of rotatable bonds is 5. The van der Waals surface area contributed by atoms with Gasteiger partial charge in [0.2, 0.25) is 17.7 Å². The third kappa shape index (κ3) is 4.18. The van der Waals surface area contributed by atoms with Crippen LogP contribution in [0.1, 0.15) is 25.8 Å². The van der Waals surface area contributed by atoms with Crippen LogP contribution < -0.4 is 15.5 Å². The highest BCUT2D eigenvalue weighted by Gasteiger charge is 2.35. The van der Waals surface area contributed by atoms with E-state index < -0.39 is 5.92 Å². The fourth-order valence-electron chi connectivity index (χ4n) is 3.51. The van der Waals surface area contributed by atoms with E-state index in [4.69, 9.17) is 0 Å². The van der Waals surface area contributed by atoms with Crippen LogP contribution in [0.3, 0.4) is 0 Å². The van der Waals surface area contributed by atoms with Crippen molar-refractivity contribution in [1.82, 2.24) is 4.98 Å². The van der Waals surface area contributed by atoms with Gasteiger partial charge in [-0.15, -0.1) is 0 Å². The first-order valence-corrected chi connectivity index (χ1v) is 10.6. The lowest BCUT2D eigenvalue weighted by atomic mass is 10.1. The Kier molecular flexibility index (Phi) is 5.50. The van der Waals surface area contributed by atoms with Gasteiger partial charge in [-0.1, -0.05) is 30.4 Å². The second-order valence-electron chi connectivity index (χ2n) is 7.30. The topological polar surface area (TPSA) is 91.4 Å². The number of benzene rings is 2. The van der Waals surface area contributed by atoms with Crippen LogP contribution in [0.25, 0.3) is 10.2 Å². The Balaban J connectivity index is 1.44. The monoisotopic (exact) mass is 422 g/mol. The van der Waals surface area contributed by atoms with Gasteiger partial charge in [-0.05, 0) is 42.3 Å². The van der Waals surface area contributed by atoms with Crippen LogP contribution >= 0.6 is 11.3 Å². The van der Waals surface area contributed by atoms with Crippen LogP contribution in [0.2, 0.25) is 0 Å². The minimum atomic E-state index is -0.426. The first-order chi connectivity index (χ1) is 14.4. The summed E-state index contributed by atoms with van der Waals surface area (Å²) in [6.07, 6.45) is 1.12. The lowest BCUT2D eigenvalue weighted by Crippen LogP contribution is -2.28. The largest absolute Gasteiger partial charge is 0.326 e. The summed E-state index contributed by atoms with van der Waals surface area (Å²) in [6.45, 7) is 3.89. The molecule has 8 heteroatoms. The number of nitrogens with zero attached hydrogens (tertiary/aromatic N) is 2. The smallest absolute Gasteiger partial charge is 0.231 e. The molecule has 7 nitrogen and oxygen atoms in total. The SMILES string of the molecule is CCc1ccc(N2CC(C(=O)Nc3nc4ccc(NC(C)=O)cc4s3)CC2=O)cc1. The molecule has 2 aromatic carbocycles. The Morgan fingerprint density at radius 3 is 2.63 bits per heavy atom. The van der Waals surface area contributed by atoms with Crippen LogP contribution in [0.15, 0.2) is 42.5 Å². The first-order valence-electron chi connectivity index (χ1n) is 9.81. The number of hydrogen-bond acceptors (Lipinski definition) is 5. The fraction of sp³-hybridized carbons (Fsp3) is 0.273. The molecule has 0 spiro atoms. The van der Waals surface area contributed by atoms with E-state index in [1.807, 2.05) is 30.3 Å². The molecule has 4 rings (SSSR count). The van der Waals surface area contributed by atoms with Gasteiger partial charge in [0.25, 0.3) is 0 Å². The molecule has 0 bridgehead atoms. The molecule has 3 amide bonds. The lowest BCUT2D eigenvalue weighted by molar-refractivity contribution is -0.122. The molecule has 0 aliphatic carbocycles. The van der Waals surface area contributed by atoms with E-state index in [0.717, 1.165) is 22.3 Å². The zero-order valence-corrected chi connectivity index (χ0v) is 17.6. The summed E-state index contributed by atoms with van der Waals surface area (Å²) in [7, 11) is 0. The molecule has 3 aromatic rings. The number of hydrogen-bond donors (Lipinski definition) is 2. The Labute approximate surface area is 178 Å². The maximum atomic E-state index is 12.7. The molecule has 154 valence electrons. The molecule has 2 heterocycles.